The first-order valence-corrected chi connectivity index (χ1v) is 6.48. The van der Waals surface area contributed by atoms with Gasteiger partial charge in [0.05, 0.1) is 0 Å². The molecule has 0 aromatic heterocycles. The van der Waals surface area contributed by atoms with Crippen molar-refractivity contribution in [3.05, 3.63) is 23.3 Å². The van der Waals surface area contributed by atoms with Crippen LogP contribution in [0.15, 0.2) is 23.3 Å². The minimum atomic E-state index is 0.314. The molecule has 1 heteroatoms. The number of hydrogen-bond donors (Lipinski definition) is 1. The van der Waals surface area contributed by atoms with Crippen molar-refractivity contribution in [1.82, 2.24) is 0 Å². The van der Waals surface area contributed by atoms with Crippen molar-refractivity contribution in [3.8, 4) is 0 Å². The van der Waals surface area contributed by atoms with E-state index in [0.717, 1.165) is 6.42 Å². The van der Waals surface area contributed by atoms with Crippen LogP contribution in [-0.4, -0.2) is 6.04 Å². The summed E-state index contributed by atoms with van der Waals surface area (Å²) in [6.07, 6.45) is 16.4. The van der Waals surface area contributed by atoms with Gasteiger partial charge < -0.3 is 5.73 Å². The fourth-order valence-electron chi connectivity index (χ4n) is 2.70. The number of rotatable bonds is 3. The zero-order chi connectivity index (χ0) is 10.5. The molecule has 0 fully saturated rings. The number of allylic oxidation sites excluding steroid dienone is 2. The SMILES string of the molecule is NC(CC1=CCCCC1)C1=CCCCC1. The van der Waals surface area contributed by atoms with Gasteiger partial charge in [0.1, 0.15) is 0 Å². The van der Waals surface area contributed by atoms with Crippen molar-refractivity contribution < 1.29 is 0 Å². The fourth-order valence-corrected chi connectivity index (χ4v) is 2.70. The molecule has 2 N–H and O–H groups in total. The molecule has 84 valence electrons. The monoisotopic (exact) mass is 205 g/mol. The molecule has 0 amide bonds. The Morgan fingerprint density at radius 1 is 1.00 bits per heavy atom. The van der Waals surface area contributed by atoms with Crippen LogP contribution >= 0.6 is 0 Å². The van der Waals surface area contributed by atoms with Gasteiger partial charge in [-0.1, -0.05) is 23.3 Å². The molecule has 2 rings (SSSR count). The summed E-state index contributed by atoms with van der Waals surface area (Å²) in [6, 6.07) is 0.314. The largest absolute Gasteiger partial charge is 0.324 e. The van der Waals surface area contributed by atoms with E-state index in [2.05, 4.69) is 12.2 Å². The van der Waals surface area contributed by atoms with Crippen LogP contribution < -0.4 is 5.73 Å². The summed E-state index contributed by atoms with van der Waals surface area (Å²) in [5.41, 5.74) is 9.40. The lowest BCUT2D eigenvalue weighted by molar-refractivity contribution is 0.602. The molecule has 0 aromatic rings. The molecular formula is C14H23N. The lowest BCUT2D eigenvalue weighted by atomic mass is 9.88. The Morgan fingerprint density at radius 2 is 1.73 bits per heavy atom. The van der Waals surface area contributed by atoms with E-state index >= 15 is 0 Å². The smallest absolute Gasteiger partial charge is 0.0291 e. The first kappa shape index (κ1) is 10.9. The first-order chi connectivity index (χ1) is 7.36. The highest BCUT2D eigenvalue weighted by Crippen LogP contribution is 2.26. The van der Waals surface area contributed by atoms with Crippen molar-refractivity contribution in [2.75, 3.05) is 0 Å². The van der Waals surface area contributed by atoms with Gasteiger partial charge in [0.2, 0.25) is 0 Å². The van der Waals surface area contributed by atoms with E-state index in [1.165, 1.54) is 56.9 Å². The van der Waals surface area contributed by atoms with Gasteiger partial charge in [-0.05, 0) is 57.8 Å². The molecule has 0 heterocycles. The third kappa shape index (κ3) is 3.20. The lowest BCUT2D eigenvalue weighted by Gasteiger charge is -2.22. The Kier molecular flexibility index (Phi) is 4.01. The van der Waals surface area contributed by atoms with Crippen LogP contribution in [0.3, 0.4) is 0 Å². The Balaban J connectivity index is 1.87. The molecule has 15 heavy (non-hydrogen) atoms. The molecule has 1 atom stereocenters. The molecule has 0 saturated carbocycles. The molecule has 2 aliphatic rings. The first-order valence-electron chi connectivity index (χ1n) is 6.48. The van der Waals surface area contributed by atoms with Crippen LogP contribution in [0.5, 0.6) is 0 Å². The maximum absolute atomic E-state index is 6.27. The molecule has 0 bridgehead atoms. The highest BCUT2D eigenvalue weighted by atomic mass is 14.6. The summed E-state index contributed by atoms with van der Waals surface area (Å²) in [7, 11) is 0. The van der Waals surface area contributed by atoms with Crippen LogP contribution in [0.2, 0.25) is 0 Å². The number of hydrogen-bond acceptors (Lipinski definition) is 1. The summed E-state index contributed by atoms with van der Waals surface area (Å²) >= 11 is 0. The van der Waals surface area contributed by atoms with E-state index in [1.807, 2.05) is 0 Å². The normalized spacial score (nSPS) is 24.3. The van der Waals surface area contributed by atoms with E-state index < -0.39 is 0 Å². The van der Waals surface area contributed by atoms with Crippen LogP contribution in [0.4, 0.5) is 0 Å². The molecule has 1 nitrogen and oxygen atoms in total. The van der Waals surface area contributed by atoms with E-state index in [-0.39, 0.29) is 0 Å². The molecule has 0 spiro atoms. The van der Waals surface area contributed by atoms with E-state index in [4.69, 9.17) is 5.73 Å². The Morgan fingerprint density at radius 3 is 2.33 bits per heavy atom. The number of nitrogens with two attached hydrogens (primary N) is 1. The van der Waals surface area contributed by atoms with Crippen LogP contribution in [0.1, 0.15) is 57.8 Å². The van der Waals surface area contributed by atoms with Gasteiger partial charge in [-0.2, -0.15) is 0 Å². The Bertz CT molecular complexity index is 263. The molecular weight excluding hydrogens is 182 g/mol. The van der Waals surface area contributed by atoms with Crippen LogP contribution in [0.25, 0.3) is 0 Å². The zero-order valence-electron chi connectivity index (χ0n) is 9.67. The van der Waals surface area contributed by atoms with E-state index in [9.17, 15) is 0 Å². The quantitative estimate of drug-likeness (QED) is 0.698. The molecule has 2 aliphatic carbocycles. The maximum atomic E-state index is 6.27. The zero-order valence-corrected chi connectivity index (χ0v) is 9.67. The van der Waals surface area contributed by atoms with E-state index in [1.54, 1.807) is 5.57 Å². The van der Waals surface area contributed by atoms with Gasteiger partial charge in [-0.15, -0.1) is 0 Å². The third-order valence-corrected chi connectivity index (χ3v) is 3.67. The van der Waals surface area contributed by atoms with Gasteiger partial charge >= 0.3 is 0 Å². The van der Waals surface area contributed by atoms with Gasteiger partial charge in [-0.25, -0.2) is 0 Å². The van der Waals surface area contributed by atoms with Gasteiger partial charge in [0.15, 0.2) is 0 Å². The fraction of sp³-hybridized carbons (Fsp3) is 0.714. The Hall–Kier alpha value is -0.560. The summed E-state index contributed by atoms with van der Waals surface area (Å²) in [5, 5.41) is 0. The Labute approximate surface area is 93.4 Å². The van der Waals surface area contributed by atoms with Gasteiger partial charge in [-0.3, -0.25) is 0 Å². The second-order valence-electron chi connectivity index (χ2n) is 4.94. The summed E-state index contributed by atoms with van der Waals surface area (Å²) in [4.78, 5) is 0. The standard InChI is InChI=1S/C14H23N/c15-14(13-9-5-2-6-10-13)11-12-7-3-1-4-8-12/h7,9,14H,1-6,8,10-11,15H2. The predicted octanol–water partition coefficient (Wildman–Crippen LogP) is 3.70. The minimum Gasteiger partial charge on any atom is -0.324 e. The molecule has 0 aromatic carbocycles. The van der Waals surface area contributed by atoms with Crippen LogP contribution in [0, 0.1) is 0 Å². The average Bonchev–Trinajstić information content (AvgIpc) is 2.31. The van der Waals surface area contributed by atoms with Crippen molar-refractivity contribution in [2.24, 2.45) is 5.73 Å². The second-order valence-corrected chi connectivity index (χ2v) is 4.94. The van der Waals surface area contributed by atoms with Crippen molar-refractivity contribution in [3.63, 3.8) is 0 Å². The molecule has 1 unspecified atom stereocenters. The minimum absolute atomic E-state index is 0.314. The predicted molar refractivity (Wildman–Crippen MR) is 65.7 cm³/mol. The third-order valence-electron chi connectivity index (χ3n) is 3.67. The second kappa shape index (κ2) is 5.50. The van der Waals surface area contributed by atoms with Gasteiger partial charge in [0, 0.05) is 6.04 Å². The maximum Gasteiger partial charge on any atom is 0.0291 e. The summed E-state index contributed by atoms with van der Waals surface area (Å²) < 4.78 is 0. The lowest BCUT2D eigenvalue weighted by Crippen LogP contribution is -2.24. The average molecular weight is 205 g/mol. The molecule has 0 radical (unpaired) electrons. The van der Waals surface area contributed by atoms with Gasteiger partial charge in [0.25, 0.3) is 0 Å². The van der Waals surface area contributed by atoms with Crippen molar-refractivity contribution in [1.29, 1.82) is 0 Å². The molecule has 0 saturated heterocycles. The van der Waals surface area contributed by atoms with Crippen molar-refractivity contribution in [2.45, 2.75) is 63.8 Å². The van der Waals surface area contributed by atoms with E-state index in [0.29, 0.717) is 6.04 Å². The highest BCUT2D eigenvalue weighted by molar-refractivity contribution is 5.18. The summed E-state index contributed by atoms with van der Waals surface area (Å²) in [5.74, 6) is 0. The topological polar surface area (TPSA) is 26.0 Å². The van der Waals surface area contributed by atoms with Crippen molar-refractivity contribution >= 4 is 0 Å². The summed E-state index contributed by atoms with van der Waals surface area (Å²) in [6.45, 7) is 0. The van der Waals surface area contributed by atoms with Crippen LogP contribution in [-0.2, 0) is 0 Å². The highest BCUT2D eigenvalue weighted by Gasteiger charge is 2.14. The molecule has 0 aliphatic heterocycles.